The highest BCUT2D eigenvalue weighted by Crippen LogP contribution is 2.24. The summed E-state index contributed by atoms with van der Waals surface area (Å²) in [6, 6.07) is 3.27. The van der Waals surface area contributed by atoms with E-state index in [1.54, 1.807) is 19.1 Å². The Bertz CT molecular complexity index is 468. The molecule has 0 spiro atoms. The zero-order valence-corrected chi connectivity index (χ0v) is 13.7. The van der Waals surface area contributed by atoms with Gasteiger partial charge in [-0.1, -0.05) is 26.7 Å². The number of unbranched alkanes of at least 4 members (excludes halogenated alkanes) is 1. The number of anilines is 1. The summed E-state index contributed by atoms with van der Waals surface area (Å²) in [4.78, 5) is 16.3. The number of ether oxygens (including phenoxy) is 1. The van der Waals surface area contributed by atoms with Crippen LogP contribution in [0.5, 0.6) is 5.88 Å². The summed E-state index contributed by atoms with van der Waals surface area (Å²) in [6.45, 7) is 3.83. The van der Waals surface area contributed by atoms with E-state index < -0.39 is 11.5 Å². The molecule has 5 nitrogen and oxygen atoms in total. The van der Waals surface area contributed by atoms with Gasteiger partial charge in [0.1, 0.15) is 10.2 Å². The number of methoxy groups -OCH3 is 1. The number of hydrogen-bond donors (Lipinski definition) is 2. The first-order valence-corrected chi connectivity index (χ1v) is 7.50. The van der Waals surface area contributed by atoms with Gasteiger partial charge in [-0.05, 0) is 34.8 Å². The second kappa shape index (κ2) is 7.59. The highest BCUT2D eigenvalue weighted by Gasteiger charge is 2.33. The summed E-state index contributed by atoms with van der Waals surface area (Å²) in [5.74, 6) is -0.00289. The van der Waals surface area contributed by atoms with Gasteiger partial charge in [0.25, 0.3) is 5.91 Å². The average molecular weight is 345 g/mol. The largest absolute Gasteiger partial charge is 0.481 e. The Labute approximate surface area is 127 Å². The van der Waals surface area contributed by atoms with E-state index in [0.29, 0.717) is 29.0 Å². The van der Waals surface area contributed by atoms with Gasteiger partial charge in [0.2, 0.25) is 5.88 Å². The van der Waals surface area contributed by atoms with E-state index in [-0.39, 0.29) is 0 Å². The lowest BCUT2D eigenvalue weighted by atomic mass is 9.93. The molecule has 0 aromatic carbocycles. The first-order valence-electron chi connectivity index (χ1n) is 6.70. The third-order valence-electron chi connectivity index (χ3n) is 3.19. The molecule has 20 heavy (non-hydrogen) atoms. The van der Waals surface area contributed by atoms with Crippen LogP contribution in [-0.4, -0.2) is 28.7 Å². The molecule has 0 radical (unpaired) electrons. The highest BCUT2D eigenvalue weighted by atomic mass is 79.9. The topological polar surface area (TPSA) is 71.5 Å². The lowest BCUT2D eigenvalue weighted by Crippen LogP contribution is -2.42. The summed E-state index contributed by atoms with van der Waals surface area (Å²) in [5.41, 5.74) is -0.795. The average Bonchev–Trinajstić information content (AvgIpc) is 2.43. The van der Waals surface area contributed by atoms with Crippen molar-refractivity contribution in [3.63, 3.8) is 0 Å². The maximum Gasteiger partial charge on any atom is 0.256 e. The van der Waals surface area contributed by atoms with Gasteiger partial charge < -0.3 is 15.2 Å². The van der Waals surface area contributed by atoms with Crippen LogP contribution in [0.1, 0.15) is 39.5 Å². The fraction of sp³-hybridized carbons (Fsp3) is 0.571. The first kappa shape index (κ1) is 16.9. The van der Waals surface area contributed by atoms with Crippen molar-refractivity contribution >= 4 is 27.5 Å². The van der Waals surface area contributed by atoms with Crippen LogP contribution in [0.2, 0.25) is 0 Å². The third-order valence-corrected chi connectivity index (χ3v) is 3.60. The van der Waals surface area contributed by atoms with Crippen LogP contribution < -0.4 is 10.1 Å². The Morgan fingerprint density at radius 2 is 2.20 bits per heavy atom. The van der Waals surface area contributed by atoms with Gasteiger partial charge in [0.05, 0.1) is 7.11 Å². The minimum Gasteiger partial charge on any atom is -0.481 e. The molecule has 1 aromatic heterocycles. The minimum atomic E-state index is -1.33. The van der Waals surface area contributed by atoms with E-state index in [1.807, 2.05) is 6.92 Å². The molecule has 0 saturated carbocycles. The predicted molar refractivity (Wildman–Crippen MR) is 81.9 cm³/mol. The van der Waals surface area contributed by atoms with E-state index in [0.717, 1.165) is 12.8 Å². The zero-order chi connectivity index (χ0) is 15.2. The maximum atomic E-state index is 12.2. The Morgan fingerprint density at radius 3 is 2.75 bits per heavy atom. The van der Waals surface area contributed by atoms with E-state index in [9.17, 15) is 9.90 Å². The molecule has 1 heterocycles. The standard InChI is InChI=1S/C14H21BrN2O3/c1-4-6-7-14(19,5-2)13(18)16-10-8-11(15)17-12(9-10)20-3/h8-9,19H,4-7H2,1-3H3,(H,16,17,18). The summed E-state index contributed by atoms with van der Waals surface area (Å²) in [6.07, 6.45) is 2.57. The monoisotopic (exact) mass is 344 g/mol. The molecule has 2 N–H and O–H groups in total. The van der Waals surface area contributed by atoms with E-state index in [2.05, 4.69) is 26.2 Å². The number of hydrogen-bond acceptors (Lipinski definition) is 4. The van der Waals surface area contributed by atoms with Crippen molar-refractivity contribution in [1.29, 1.82) is 0 Å². The van der Waals surface area contributed by atoms with Crippen molar-refractivity contribution in [3.05, 3.63) is 16.7 Å². The first-order chi connectivity index (χ1) is 9.45. The van der Waals surface area contributed by atoms with Crippen molar-refractivity contribution in [2.24, 2.45) is 0 Å². The molecular formula is C14H21BrN2O3. The van der Waals surface area contributed by atoms with Gasteiger partial charge >= 0.3 is 0 Å². The zero-order valence-electron chi connectivity index (χ0n) is 12.1. The lowest BCUT2D eigenvalue weighted by molar-refractivity contribution is -0.135. The molecule has 0 bridgehead atoms. The Kier molecular flexibility index (Phi) is 6.42. The Hall–Kier alpha value is -1.14. The molecule has 0 aliphatic heterocycles. The normalized spacial score (nSPS) is 13.7. The molecule has 1 amide bonds. The number of rotatable bonds is 7. The molecule has 1 aromatic rings. The van der Waals surface area contributed by atoms with Gasteiger partial charge in [-0.25, -0.2) is 4.98 Å². The number of carbonyl (C=O) groups is 1. The molecule has 6 heteroatoms. The number of halogens is 1. The van der Waals surface area contributed by atoms with Gasteiger partial charge in [-0.2, -0.15) is 0 Å². The fourth-order valence-corrected chi connectivity index (χ4v) is 2.24. The molecular weight excluding hydrogens is 324 g/mol. The van der Waals surface area contributed by atoms with Gasteiger partial charge in [0.15, 0.2) is 0 Å². The second-order valence-electron chi connectivity index (χ2n) is 4.66. The molecule has 1 unspecified atom stereocenters. The highest BCUT2D eigenvalue weighted by molar-refractivity contribution is 9.10. The Balaban J connectivity index is 2.85. The molecule has 0 fully saturated rings. The summed E-state index contributed by atoms with van der Waals surface area (Å²) in [5, 5.41) is 13.1. The van der Waals surface area contributed by atoms with Gasteiger partial charge in [-0.15, -0.1) is 0 Å². The molecule has 0 saturated heterocycles. The van der Waals surface area contributed by atoms with Crippen LogP contribution in [0, 0.1) is 0 Å². The van der Waals surface area contributed by atoms with E-state index in [1.165, 1.54) is 7.11 Å². The van der Waals surface area contributed by atoms with Gasteiger partial charge in [0, 0.05) is 11.8 Å². The predicted octanol–water partition coefficient (Wildman–Crippen LogP) is 3.12. The minimum absolute atomic E-state index is 0.377. The summed E-state index contributed by atoms with van der Waals surface area (Å²) >= 11 is 3.25. The van der Waals surface area contributed by atoms with Crippen molar-refractivity contribution in [2.75, 3.05) is 12.4 Å². The number of aliphatic hydroxyl groups is 1. The Morgan fingerprint density at radius 1 is 1.50 bits per heavy atom. The number of pyridine rings is 1. The van der Waals surface area contributed by atoms with Crippen LogP contribution in [-0.2, 0) is 4.79 Å². The van der Waals surface area contributed by atoms with Crippen molar-refractivity contribution < 1.29 is 14.6 Å². The smallest absolute Gasteiger partial charge is 0.256 e. The van der Waals surface area contributed by atoms with Crippen LogP contribution in [0.15, 0.2) is 16.7 Å². The number of aromatic nitrogens is 1. The summed E-state index contributed by atoms with van der Waals surface area (Å²) in [7, 11) is 1.50. The quantitative estimate of drug-likeness (QED) is 0.745. The third kappa shape index (κ3) is 4.45. The van der Waals surface area contributed by atoms with Crippen LogP contribution in [0.4, 0.5) is 5.69 Å². The number of carbonyl (C=O) groups excluding carboxylic acids is 1. The van der Waals surface area contributed by atoms with E-state index >= 15 is 0 Å². The van der Waals surface area contributed by atoms with Crippen molar-refractivity contribution in [1.82, 2.24) is 4.98 Å². The van der Waals surface area contributed by atoms with Crippen LogP contribution in [0.3, 0.4) is 0 Å². The van der Waals surface area contributed by atoms with E-state index in [4.69, 9.17) is 4.74 Å². The lowest BCUT2D eigenvalue weighted by Gasteiger charge is -2.25. The van der Waals surface area contributed by atoms with Crippen LogP contribution in [0.25, 0.3) is 0 Å². The maximum absolute atomic E-state index is 12.2. The molecule has 1 rings (SSSR count). The number of amides is 1. The molecule has 0 aliphatic carbocycles. The van der Waals surface area contributed by atoms with Crippen LogP contribution >= 0.6 is 15.9 Å². The van der Waals surface area contributed by atoms with Crippen molar-refractivity contribution in [2.45, 2.75) is 45.1 Å². The fourth-order valence-electron chi connectivity index (χ4n) is 1.82. The van der Waals surface area contributed by atoms with Crippen molar-refractivity contribution in [3.8, 4) is 5.88 Å². The molecule has 0 aliphatic rings. The van der Waals surface area contributed by atoms with Gasteiger partial charge in [-0.3, -0.25) is 4.79 Å². The second-order valence-corrected chi connectivity index (χ2v) is 5.48. The SMILES string of the molecule is CCCCC(O)(CC)C(=O)Nc1cc(Br)nc(OC)c1. The molecule has 1 atom stereocenters. The molecule has 112 valence electrons. The summed E-state index contributed by atoms with van der Waals surface area (Å²) < 4.78 is 5.60. The number of nitrogens with one attached hydrogen (secondary N) is 1. The number of nitrogens with zero attached hydrogens (tertiary/aromatic N) is 1.